The number of allylic oxidation sites excluding steroid dienone is 1. The third kappa shape index (κ3) is 4.62. The first kappa shape index (κ1) is 24.4. The Labute approximate surface area is 196 Å². The van der Waals surface area contributed by atoms with Crippen LogP contribution >= 0.6 is 0 Å². The number of alkyl halides is 3. The molecule has 9 heteroatoms. The number of carbonyl (C=O) groups excluding carboxylic acids is 1. The summed E-state index contributed by atoms with van der Waals surface area (Å²) in [7, 11) is 0. The van der Waals surface area contributed by atoms with Crippen LogP contribution in [0.4, 0.5) is 17.6 Å². The third-order valence-electron chi connectivity index (χ3n) is 6.77. The highest BCUT2D eigenvalue weighted by Crippen LogP contribution is 2.47. The van der Waals surface area contributed by atoms with Crippen molar-refractivity contribution < 1.29 is 27.5 Å². The van der Waals surface area contributed by atoms with E-state index in [1.807, 2.05) is 20.8 Å². The summed E-state index contributed by atoms with van der Waals surface area (Å²) in [6.45, 7) is 5.04. The molecule has 0 bridgehead atoms. The summed E-state index contributed by atoms with van der Waals surface area (Å²) in [5, 5.41) is 14.1. The van der Waals surface area contributed by atoms with Gasteiger partial charge in [0.25, 0.3) is 0 Å². The van der Waals surface area contributed by atoms with Crippen molar-refractivity contribution in [3.63, 3.8) is 0 Å². The molecule has 184 valence electrons. The summed E-state index contributed by atoms with van der Waals surface area (Å²) in [6.07, 6.45) is -3.79. The Morgan fingerprint density at radius 3 is 2.53 bits per heavy atom. The van der Waals surface area contributed by atoms with Gasteiger partial charge in [-0.2, -0.15) is 18.3 Å². The molecule has 0 fully saturated rings. The molecule has 5 nitrogen and oxygen atoms in total. The van der Waals surface area contributed by atoms with Crippen LogP contribution in [-0.2, 0) is 11.2 Å². The van der Waals surface area contributed by atoms with E-state index < -0.39 is 24.7 Å². The van der Waals surface area contributed by atoms with Gasteiger partial charge in [0.05, 0.1) is 30.0 Å². The monoisotopic (exact) mass is 479 g/mol. The molecule has 1 heterocycles. The number of benzene rings is 1. The van der Waals surface area contributed by atoms with Crippen molar-refractivity contribution in [3.8, 4) is 5.69 Å². The highest BCUT2D eigenvalue weighted by Gasteiger charge is 2.44. The van der Waals surface area contributed by atoms with Crippen LogP contribution in [0.3, 0.4) is 0 Å². The van der Waals surface area contributed by atoms with Gasteiger partial charge in [0, 0.05) is 24.4 Å². The van der Waals surface area contributed by atoms with Crippen LogP contribution in [0.5, 0.6) is 0 Å². The minimum Gasteiger partial charge on any atom is -0.382 e. The zero-order valence-corrected chi connectivity index (χ0v) is 19.4. The number of aliphatic hydroxyl groups is 1. The van der Waals surface area contributed by atoms with Crippen LogP contribution in [0, 0.1) is 17.7 Å². The van der Waals surface area contributed by atoms with Crippen molar-refractivity contribution in [2.45, 2.75) is 58.2 Å². The van der Waals surface area contributed by atoms with Gasteiger partial charge in [0.1, 0.15) is 5.82 Å². The first-order valence-corrected chi connectivity index (χ1v) is 11.6. The lowest BCUT2D eigenvalue weighted by molar-refractivity contribution is -0.208. The topological polar surface area (TPSA) is 58.4 Å². The van der Waals surface area contributed by atoms with Crippen molar-refractivity contribution in [2.75, 3.05) is 13.1 Å². The van der Waals surface area contributed by atoms with Crippen molar-refractivity contribution in [2.24, 2.45) is 11.8 Å². The fourth-order valence-corrected chi connectivity index (χ4v) is 5.25. The highest BCUT2D eigenvalue weighted by molar-refractivity contribution is 5.83. The van der Waals surface area contributed by atoms with Crippen LogP contribution in [0.15, 0.2) is 41.6 Å². The second-order valence-corrected chi connectivity index (χ2v) is 9.68. The predicted octanol–water partition coefficient (Wildman–Crippen LogP) is 4.79. The zero-order chi connectivity index (χ0) is 24.8. The molecule has 0 saturated carbocycles. The highest BCUT2D eigenvalue weighted by atomic mass is 19.4. The van der Waals surface area contributed by atoms with E-state index in [-0.39, 0.29) is 30.1 Å². The fraction of sp³-hybridized carbons (Fsp3) is 0.520. The van der Waals surface area contributed by atoms with Crippen LogP contribution in [0.1, 0.15) is 50.8 Å². The fourth-order valence-electron chi connectivity index (χ4n) is 5.25. The number of carbonyl (C=O) groups is 1. The minimum absolute atomic E-state index is 0.0384. The van der Waals surface area contributed by atoms with E-state index in [0.29, 0.717) is 19.3 Å². The maximum absolute atomic E-state index is 13.5. The van der Waals surface area contributed by atoms with Crippen LogP contribution in [0.2, 0.25) is 0 Å². The Balaban J connectivity index is 1.60. The molecule has 1 N–H and O–H groups in total. The standard InChI is InChI=1S/C25H29F4N3O2/c1-14(2)12-31(13-22(33)25(27,28)29)24(34)19-9-4-16-10-21-20(15(3)23(16)19)11-30-32(21)18-7-5-17(26)6-8-18/h5-8,11,14-15,19,22,33H,4,9-10,12-13H2,1-3H3/t15-,19+,22?/m0/s1. The van der Waals surface area contributed by atoms with E-state index in [1.54, 1.807) is 23.0 Å². The molecule has 2 aliphatic carbocycles. The first-order chi connectivity index (χ1) is 16.0. The van der Waals surface area contributed by atoms with Gasteiger partial charge in [-0.05, 0) is 43.0 Å². The van der Waals surface area contributed by atoms with E-state index in [2.05, 4.69) is 5.10 Å². The molecule has 0 radical (unpaired) electrons. The van der Waals surface area contributed by atoms with Gasteiger partial charge in [-0.25, -0.2) is 9.07 Å². The van der Waals surface area contributed by atoms with E-state index in [4.69, 9.17) is 0 Å². The second kappa shape index (κ2) is 9.17. The average Bonchev–Trinajstić information content (AvgIpc) is 3.37. The Bertz CT molecular complexity index is 1090. The smallest absolute Gasteiger partial charge is 0.382 e. The van der Waals surface area contributed by atoms with Gasteiger partial charge in [-0.15, -0.1) is 0 Å². The Morgan fingerprint density at radius 2 is 1.91 bits per heavy atom. The van der Waals surface area contributed by atoms with Gasteiger partial charge < -0.3 is 10.0 Å². The largest absolute Gasteiger partial charge is 0.416 e. The number of amides is 1. The first-order valence-electron chi connectivity index (χ1n) is 11.6. The van der Waals surface area contributed by atoms with Crippen molar-refractivity contribution >= 4 is 5.91 Å². The molecular weight excluding hydrogens is 450 g/mol. The molecule has 1 aromatic carbocycles. The number of aromatic nitrogens is 2. The van der Waals surface area contributed by atoms with Gasteiger partial charge in [-0.1, -0.05) is 31.9 Å². The summed E-state index contributed by atoms with van der Waals surface area (Å²) < 4.78 is 54.2. The SMILES string of the molecule is CC(C)CN(CC(O)C(F)(F)F)C(=O)[C@@H]1CCC2=C1[C@@H](C)c1cnn(-c3ccc(F)cc3)c1C2. The maximum atomic E-state index is 13.5. The van der Waals surface area contributed by atoms with Crippen molar-refractivity contribution in [1.29, 1.82) is 0 Å². The summed E-state index contributed by atoms with van der Waals surface area (Å²) in [5.41, 5.74) is 4.77. The molecule has 2 aliphatic rings. The van der Waals surface area contributed by atoms with Crippen LogP contribution in [-0.4, -0.2) is 51.1 Å². The Kier molecular flexibility index (Phi) is 6.59. The number of halogens is 4. The van der Waals surface area contributed by atoms with Gasteiger partial charge in [-0.3, -0.25) is 4.79 Å². The van der Waals surface area contributed by atoms with Gasteiger partial charge in [0.2, 0.25) is 5.91 Å². The Hall–Kier alpha value is -2.68. The van der Waals surface area contributed by atoms with Crippen LogP contribution in [0.25, 0.3) is 5.69 Å². The van der Waals surface area contributed by atoms with E-state index in [1.165, 1.54) is 17.0 Å². The summed E-state index contributed by atoms with van der Waals surface area (Å²) in [6, 6.07) is 6.08. The number of nitrogens with zero attached hydrogens (tertiary/aromatic N) is 3. The molecule has 4 rings (SSSR count). The lowest BCUT2D eigenvalue weighted by Crippen LogP contribution is -2.47. The minimum atomic E-state index is -4.78. The van der Waals surface area contributed by atoms with Crippen LogP contribution < -0.4 is 0 Å². The molecular formula is C25H29F4N3O2. The third-order valence-corrected chi connectivity index (χ3v) is 6.77. The Morgan fingerprint density at radius 1 is 1.24 bits per heavy atom. The molecule has 34 heavy (non-hydrogen) atoms. The quantitative estimate of drug-likeness (QED) is 0.479. The van der Waals surface area contributed by atoms with E-state index >= 15 is 0 Å². The predicted molar refractivity (Wildman–Crippen MR) is 119 cm³/mol. The van der Waals surface area contributed by atoms with Crippen molar-refractivity contribution in [1.82, 2.24) is 14.7 Å². The molecule has 0 aliphatic heterocycles. The summed E-state index contributed by atoms with van der Waals surface area (Å²) in [4.78, 5) is 14.6. The summed E-state index contributed by atoms with van der Waals surface area (Å²) in [5.74, 6) is -1.35. The van der Waals surface area contributed by atoms with Gasteiger partial charge >= 0.3 is 6.18 Å². The number of hydrogen-bond donors (Lipinski definition) is 1. The number of aliphatic hydroxyl groups excluding tert-OH is 1. The molecule has 1 unspecified atom stereocenters. The number of rotatable bonds is 6. The second-order valence-electron chi connectivity index (χ2n) is 9.68. The number of fused-ring (bicyclic) bond motifs is 1. The number of hydrogen-bond acceptors (Lipinski definition) is 3. The van der Waals surface area contributed by atoms with Gasteiger partial charge in [0.15, 0.2) is 6.10 Å². The summed E-state index contributed by atoms with van der Waals surface area (Å²) >= 11 is 0. The molecule has 1 amide bonds. The molecule has 0 saturated heterocycles. The normalized spacial score (nSPS) is 21.0. The molecule has 0 spiro atoms. The average molecular weight is 480 g/mol. The molecule has 2 aromatic rings. The lowest BCUT2D eigenvalue weighted by Gasteiger charge is -2.33. The maximum Gasteiger partial charge on any atom is 0.416 e. The van der Waals surface area contributed by atoms with E-state index in [9.17, 15) is 27.5 Å². The molecule has 3 atom stereocenters. The molecule has 1 aromatic heterocycles. The van der Waals surface area contributed by atoms with E-state index in [0.717, 1.165) is 28.1 Å². The lowest BCUT2D eigenvalue weighted by atomic mass is 9.79. The van der Waals surface area contributed by atoms with Crippen molar-refractivity contribution in [3.05, 3.63) is 58.7 Å². The zero-order valence-electron chi connectivity index (χ0n) is 19.4.